The summed E-state index contributed by atoms with van der Waals surface area (Å²) in [6.45, 7) is 2.38. The fourth-order valence-corrected chi connectivity index (χ4v) is 2.33. The molecule has 2 rings (SSSR count). The van der Waals surface area contributed by atoms with E-state index in [-0.39, 0.29) is 0 Å². The predicted octanol–water partition coefficient (Wildman–Crippen LogP) is 2.60. The standard InChI is InChI=1S/C11H14BrN/c12-11-3-1-2-9(7-11)6-10-4-5-13-8-10/h1-3,7,10,13H,4-6,8H2/t10-/m1/s1. The Morgan fingerprint density at radius 3 is 3.08 bits per heavy atom. The van der Waals surface area contributed by atoms with E-state index in [0.29, 0.717) is 0 Å². The second kappa shape index (κ2) is 4.25. The summed E-state index contributed by atoms with van der Waals surface area (Å²) in [5, 5.41) is 3.40. The van der Waals surface area contributed by atoms with E-state index in [9.17, 15) is 0 Å². The SMILES string of the molecule is Brc1cccc(C[C@H]2CCNC2)c1. The van der Waals surface area contributed by atoms with Crippen molar-refractivity contribution in [3.63, 3.8) is 0 Å². The van der Waals surface area contributed by atoms with Gasteiger partial charge in [0.15, 0.2) is 0 Å². The van der Waals surface area contributed by atoms with E-state index in [1.807, 2.05) is 0 Å². The third-order valence-corrected chi connectivity index (χ3v) is 3.07. The maximum absolute atomic E-state index is 3.50. The van der Waals surface area contributed by atoms with Crippen LogP contribution in [-0.4, -0.2) is 13.1 Å². The second-order valence-corrected chi connectivity index (χ2v) is 4.61. The third-order valence-electron chi connectivity index (χ3n) is 2.58. The zero-order chi connectivity index (χ0) is 9.10. The van der Waals surface area contributed by atoms with Gasteiger partial charge in [0.25, 0.3) is 0 Å². The lowest BCUT2D eigenvalue weighted by Gasteiger charge is -2.07. The summed E-state index contributed by atoms with van der Waals surface area (Å²) in [6, 6.07) is 8.62. The van der Waals surface area contributed by atoms with Crippen molar-refractivity contribution < 1.29 is 0 Å². The highest BCUT2D eigenvalue weighted by Crippen LogP contribution is 2.18. The first-order valence-corrected chi connectivity index (χ1v) is 5.59. The van der Waals surface area contributed by atoms with Gasteiger partial charge in [0.1, 0.15) is 0 Å². The number of rotatable bonds is 2. The van der Waals surface area contributed by atoms with Crippen LogP contribution in [0.25, 0.3) is 0 Å². The fourth-order valence-electron chi connectivity index (χ4n) is 1.89. The van der Waals surface area contributed by atoms with E-state index in [1.54, 1.807) is 0 Å². The monoisotopic (exact) mass is 239 g/mol. The molecule has 0 saturated carbocycles. The maximum atomic E-state index is 3.50. The molecule has 0 aliphatic carbocycles. The van der Waals surface area contributed by atoms with Crippen molar-refractivity contribution in [1.82, 2.24) is 5.32 Å². The van der Waals surface area contributed by atoms with Gasteiger partial charge in [0.05, 0.1) is 0 Å². The molecule has 1 aliphatic rings. The van der Waals surface area contributed by atoms with Gasteiger partial charge in [0.2, 0.25) is 0 Å². The molecular weight excluding hydrogens is 226 g/mol. The van der Waals surface area contributed by atoms with E-state index >= 15 is 0 Å². The van der Waals surface area contributed by atoms with Crippen molar-refractivity contribution in [2.24, 2.45) is 5.92 Å². The van der Waals surface area contributed by atoms with Crippen molar-refractivity contribution in [2.75, 3.05) is 13.1 Å². The second-order valence-electron chi connectivity index (χ2n) is 3.69. The minimum absolute atomic E-state index is 0.842. The quantitative estimate of drug-likeness (QED) is 0.837. The summed E-state index contributed by atoms with van der Waals surface area (Å²) in [7, 11) is 0. The summed E-state index contributed by atoms with van der Waals surface area (Å²) < 4.78 is 1.19. The minimum atomic E-state index is 0.842. The molecule has 1 aromatic rings. The number of hydrogen-bond donors (Lipinski definition) is 1. The van der Waals surface area contributed by atoms with Gasteiger partial charge in [-0.3, -0.25) is 0 Å². The molecule has 0 amide bonds. The molecule has 70 valence electrons. The minimum Gasteiger partial charge on any atom is -0.316 e. The molecule has 0 spiro atoms. The smallest absolute Gasteiger partial charge is 0.0177 e. The molecule has 0 aromatic heterocycles. The maximum Gasteiger partial charge on any atom is 0.0177 e. The Morgan fingerprint density at radius 2 is 2.38 bits per heavy atom. The van der Waals surface area contributed by atoms with Crippen molar-refractivity contribution in [2.45, 2.75) is 12.8 Å². The van der Waals surface area contributed by atoms with Crippen LogP contribution in [0.2, 0.25) is 0 Å². The molecule has 1 nitrogen and oxygen atoms in total. The lowest BCUT2D eigenvalue weighted by Crippen LogP contribution is -2.10. The van der Waals surface area contributed by atoms with E-state index in [0.717, 1.165) is 5.92 Å². The molecule has 0 radical (unpaired) electrons. The van der Waals surface area contributed by atoms with Gasteiger partial charge in [-0.05, 0) is 49.5 Å². The molecular formula is C11H14BrN. The van der Waals surface area contributed by atoms with Gasteiger partial charge >= 0.3 is 0 Å². The molecule has 0 unspecified atom stereocenters. The van der Waals surface area contributed by atoms with Crippen LogP contribution >= 0.6 is 15.9 Å². The molecule has 13 heavy (non-hydrogen) atoms. The Balaban J connectivity index is 2.00. The number of nitrogens with one attached hydrogen (secondary N) is 1. The molecule has 2 heteroatoms. The third kappa shape index (κ3) is 2.55. The molecule has 1 aliphatic heterocycles. The molecule has 1 aromatic carbocycles. The Bertz CT molecular complexity index is 279. The van der Waals surface area contributed by atoms with Gasteiger partial charge in [-0.25, -0.2) is 0 Å². The number of benzene rings is 1. The first-order valence-electron chi connectivity index (χ1n) is 4.80. The van der Waals surface area contributed by atoms with Crippen LogP contribution in [-0.2, 0) is 6.42 Å². The van der Waals surface area contributed by atoms with Crippen molar-refractivity contribution in [3.05, 3.63) is 34.3 Å². The topological polar surface area (TPSA) is 12.0 Å². The van der Waals surface area contributed by atoms with Gasteiger partial charge in [-0.15, -0.1) is 0 Å². The highest BCUT2D eigenvalue weighted by molar-refractivity contribution is 9.10. The summed E-state index contributed by atoms with van der Waals surface area (Å²) in [4.78, 5) is 0. The van der Waals surface area contributed by atoms with E-state index < -0.39 is 0 Å². The Kier molecular flexibility index (Phi) is 3.01. The van der Waals surface area contributed by atoms with Crippen LogP contribution in [0, 0.1) is 5.92 Å². The van der Waals surface area contributed by atoms with Gasteiger partial charge in [-0.2, -0.15) is 0 Å². The first-order chi connectivity index (χ1) is 6.34. The van der Waals surface area contributed by atoms with Crippen molar-refractivity contribution in [1.29, 1.82) is 0 Å². The van der Waals surface area contributed by atoms with Crippen molar-refractivity contribution in [3.8, 4) is 0 Å². The van der Waals surface area contributed by atoms with E-state index in [2.05, 4.69) is 45.5 Å². The first kappa shape index (κ1) is 9.22. The average molecular weight is 240 g/mol. The molecule has 1 fully saturated rings. The van der Waals surface area contributed by atoms with Crippen LogP contribution in [0.3, 0.4) is 0 Å². The largest absolute Gasteiger partial charge is 0.316 e. The Hall–Kier alpha value is -0.340. The summed E-state index contributed by atoms with van der Waals surface area (Å²) >= 11 is 3.50. The fraction of sp³-hybridized carbons (Fsp3) is 0.455. The highest BCUT2D eigenvalue weighted by atomic mass is 79.9. The summed E-state index contributed by atoms with van der Waals surface area (Å²) in [6.07, 6.45) is 2.54. The van der Waals surface area contributed by atoms with E-state index in [1.165, 1.54) is 36.0 Å². The Morgan fingerprint density at radius 1 is 1.46 bits per heavy atom. The molecule has 1 atom stereocenters. The van der Waals surface area contributed by atoms with Gasteiger partial charge < -0.3 is 5.32 Å². The summed E-state index contributed by atoms with van der Waals surface area (Å²) in [5.41, 5.74) is 1.45. The van der Waals surface area contributed by atoms with Gasteiger partial charge in [-0.1, -0.05) is 28.1 Å². The molecule has 1 saturated heterocycles. The van der Waals surface area contributed by atoms with Crippen LogP contribution in [0.5, 0.6) is 0 Å². The van der Waals surface area contributed by atoms with Crippen LogP contribution in [0.4, 0.5) is 0 Å². The number of halogens is 1. The lowest BCUT2D eigenvalue weighted by atomic mass is 9.99. The molecule has 1 heterocycles. The predicted molar refractivity (Wildman–Crippen MR) is 58.8 cm³/mol. The lowest BCUT2D eigenvalue weighted by molar-refractivity contribution is 0.580. The summed E-state index contributed by atoms with van der Waals surface area (Å²) in [5.74, 6) is 0.842. The van der Waals surface area contributed by atoms with Crippen LogP contribution in [0.1, 0.15) is 12.0 Å². The number of hydrogen-bond acceptors (Lipinski definition) is 1. The molecule has 0 bridgehead atoms. The zero-order valence-electron chi connectivity index (χ0n) is 7.59. The normalized spacial score (nSPS) is 22.1. The van der Waals surface area contributed by atoms with Gasteiger partial charge in [0, 0.05) is 4.47 Å². The zero-order valence-corrected chi connectivity index (χ0v) is 9.18. The van der Waals surface area contributed by atoms with Crippen molar-refractivity contribution >= 4 is 15.9 Å². The average Bonchev–Trinajstić information content (AvgIpc) is 2.57. The van der Waals surface area contributed by atoms with Crippen LogP contribution < -0.4 is 5.32 Å². The van der Waals surface area contributed by atoms with E-state index in [4.69, 9.17) is 0 Å². The molecule has 1 N–H and O–H groups in total. The highest BCUT2D eigenvalue weighted by Gasteiger charge is 2.14. The van der Waals surface area contributed by atoms with Crippen LogP contribution in [0.15, 0.2) is 28.7 Å². The Labute approximate surface area is 87.7 Å².